The zero-order valence-electron chi connectivity index (χ0n) is 12.5. The summed E-state index contributed by atoms with van der Waals surface area (Å²) in [4.78, 5) is 15.1. The molecule has 3 saturated heterocycles. The van der Waals surface area contributed by atoms with Gasteiger partial charge < -0.3 is 19.3 Å². The van der Waals surface area contributed by atoms with E-state index in [1.807, 2.05) is 0 Å². The maximum absolute atomic E-state index is 12.0. The third-order valence-corrected chi connectivity index (χ3v) is 5.43. The number of ether oxygens (including phenoxy) is 2. The molecule has 2 bridgehead atoms. The number of hydrogen-bond donors (Lipinski definition) is 2. The van der Waals surface area contributed by atoms with Gasteiger partial charge in [-0.3, -0.25) is 4.79 Å². The Morgan fingerprint density at radius 2 is 1.85 bits per heavy atom. The van der Waals surface area contributed by atoms with Gasteiger partial charge >= 0.3 is 5.97 Å². The highest BCUT2D eigenvalue weighted by Crippen LogP contribution is 2.24. The van der Waals surface area contributed by atoms with Crippen LogP contribution < -0.4 is 9.80 Å². The van der Waals surface area contributed by atoms with Crippen molar-refractivity contribution < 1.29 is 24.1 Å². The Morgan fingerprint density at radius 1 is 1.20 bits per heavy atom. The van der Waals surface area contributed by atoms with Crippen molar-refractivity contribution >= 4 is 5.97 Å². The molecule has 3 fully saturated rings. The summed E-state index contributed by atoms with van der Waals surface area (Å²) in [5, 5.41) is 0. The van der Waals surface area contributed by atoms with Crippen molar-refractivity contribution in [1.82, 2.24) is 0 Å². The van der Waals surface area contributed by atoms with Gasteiger partial charge in [0.25, 0.3) is 0 Å². The molecular weight excluding hydrogens is 256 g/mol. The Balaban J connectivity index is 1.38. The molecule has 5 heteroatoms. The fourth-order valence-electron chi connectivity index (χ4n) is 4.06. The highest BCUT2D eigenvalue weighted by Gasteiger charge is 2.43. The molecule has 3 rings (SSSR count). The van der Waals surface area contributed by atoms with Crippen LogP contribution in [0.2, 0.25) is 0 Å². The van der Waals surface area contributed by atoms with Gasteiger partial charge in [0.2, 0.25) is 0 Å². The van der Waals surface area contributed by atoms with Crippen molar-refractivity contribution in [2.24, 2.45) is 0 Å². The Bertz CT molecular complexity index is 330. The Kier molecular flexibility index (Phi) is 4.58. The first-order valence-electron chi connectivity index (χ1n) is 8.16. The third-order valence-electron chi connectivity index (χ3n) is 5.43. The third kappa shape index (κ3) is 3.32. The Labute approximate surface area is 121 Å². The Hall–Kier alpha value is -0.650. The molecule has 3 aliphatic heterocycles. The number of esters is 1. The van der Waals surface area contributed by atoms with Gasteiger partial charge in [-0.05, 0) is 0 Å². The maximum atomic E-state index is 12.0. The van der Waals surface area contributed by atoms with E-state index >= 15 is 0 Å². The quantitative estimate of drug-likeness (QED) is 0.590. The van der Waals surface area contributed by atoms with Crippen LogP contribution >= 0.6 is 0 Å². The highest BCUT2D eigenvalue weighted by atomic mass is 16.5. The second-order valence-corrected chi connectivity index (χ2v) is 6.66. The molecule has 3 heterocycles. The topological polar surface area (TPSA) is 44.4 Å². The number of quaternary nitrogens is 2. The van der Waals surface area contributed by atoms with Crippen molar-refractivity contribution in [1.29, 1.82) is 0 Å². The molecule has 0 aromatic heterocycles. The van der Waals surface area contributed by atoms with E-state index in [2.05, 4.69) is 7.05 Å². The molecule has 5 nitrogen and oxygen atoms in total. The lowest BCUT2D eigenvalue weighted by Crippen LogP contribution is -3.15. The van der Waals surface area contributed by atoms with Crippen molar-refractivity contribution in [3.8, 4) is 0 Å². The molecular formula is C15H28N2O3+2. The van der Waals surface area contributed by atoms with Crippen LogP contribution in [0.4, 0.5) is 0 Å². The monoisotopic (exact) mass is 284 g/mol. The summed E-state index contributed by atoms with van der Waals surface area (Å²) >= 11 is 0. The van der Waals surface area contributed by atoms with Gasteiger partial charge in [-0.25, -0.2) is 0 Å². The van der Waals surface area contributed by atoms with Crippen LogP contribution in [0.15, 0.2) is 0 Å². The van der Waals surface area contributed by atoms with E-state index in [1.165, 1.54) is 17.7 Å². The number of nitrogens with one attached hydrogen (secondary N) is 2. The number of carbonyl (C=O) groups is 1. The summed E-state index contributed by atoms with van der Waals surface area (Å²) in [6, 6.07) is 1.44. The minimum Gasteiger partial charge on any atom is -0.462 e. The van der Waals surface area contributed by atoms with Crippen molar-refractivity contribution in [2.75, 3.05) is 39.9 Å². The van der Waals surface area contributed by atoms with Crippen LogP contribution in [0.25, 0.3) is 0 Å². The molecule has 0 saturated carbocycles. The molecule has 0 radical (unpaired) electrons. The van der Waals surface area contributed by atoms with Crippen LogP contribution in [-0.2, 0) is 14.3 Å². The number of rotatable bonds is 4. The first-order valence-corrected chi connectivity index (χ1v) is 8.16. The molecule has 2 N–H and O–H groups in total. The van der Waals surface area contributed by atoms with E-state index in [0.717, 1.165) is 57.8 Å². The van der Waals surface area contributed by atoms with E-state index in [0.29, 0.717) is 6.42 Å². The zero-order chi connectivity index (χ0) is 13.9. The van der Waals surface area contributed by atoms with Crippen molar-refractivity contribution in [3.63, 3.8) is 0 Å². The number of carbonyl (C=O) groups excluding carboxylic acids is 1. The smallest absolute Gasteiger partial charge is 0.311 e. The zero-order valence-corrected chi connectivity index (χ0v) is 12.5. The summed E-state index contributed by atoms with van der Waals surface area (Å²) in [5.41, 5.74) is 0. The highest BCUT2D eigenvalue weighted by molar-refractivity contribution is 5.69. The summed E-state index contributed by atoms with van der Waals surface area (Å²) in [5.74, 6) is 0.00736. The Morgan fingerprint density at radius 3 is 2.50 bits per heavy atom. The first-order chi connectivity index (χ1) is 9.72. The SMILES string of the molecule is C[NH+]1[C@@H]2CC[C@H]1CC(OC(=O)CC[NH+]1CCOCC1)C2. The molecule has 2 unspecified atom stereocenters. The number of morpholine rings is 1. The molecule has 0 aromatic carbocycles. The molecule has 0 spiro atoms. The van der Waals surface area contributed by atoms with Crippen LogP contribution in [0.3, 0.4) is 0 Å². The molecule has 0 amide bonds. The minimum absolute atomic E-state index is 0.00736. The fraction of sp³-hybridized carbons (Fsp3) is 0.933. The average molecular weight is 284 g/mol. The molecule has 20 heavy (non-hydrogen) atoms. The minimum atomic E-state index is 0.00736. The molecule has 0 aromatic rings. The van der Waals surface area contributed by atoms with E-state index in [1.54, 1.807) is 4.90 Å². The van der Waals surface area contributed by atoms with Gasteiger partial charge in [0.15, 0.2) is 0 Å². The largest absolute Gasteiger partial charge is 0.462 e. The van der Waals surface area contributed by atoms with Gasteiger partial charge in [-0.2, -0.15) is 0 Å². The van der Waals surface area contributed by atoms with Crippen molar-refractivity contribution in [2.45, 2.75) is 50.3 Å². The molecule has 4 atom stereocenters. The van der Waals surface area contributed by atoms with Crippen LogP contribution in [0.5, 0.6) is 0 Å². The lowest BCUT2D eigenvalue weighted by Gasteiger charge is -2.33. The van der Waals surface area contributed by atoms with Gasteiger partial charge in [0, 0.05) is 25.7 Å². The second kappa shape index (κ2) is 6.41. The van der Waals surface area contributed by atoms with Crippen LogP contribution in [0.1, 0.15) is 32.1 Å². The number of hydrogen-bond acceptors (Lipinski definition) is 3. The van der Waals surface area contributed by atoms with E-state index in [9.17, 15) is 4.79 Å². The van der Waals surface area contributed by atoms with Gasteiger partial charge in [-0.15, -0.1) is 0 Å². The number of fused-ring (bicyclic) bond motifs is 2. The number of piperidine rings is 1. The average Bonchev–Trinajstić information content (AvgIpc) is 2.68. The molecule has 114 valence electrons. The lowest BCUT2D eigenvalue weighted by molar-refractivity contribution is -0.923. The molecule has 0 aliphatic carbocycles. The summed E-state index contributed by atoms with van der Waals surface area (Å²) < 4.78 is 11.0. The van der Waals surface area contributed by atoms with Crippen LogP contribution in [-0.4, -0.2) is 64.1 Å². The summed E-state index contributed by atoms with van der Waals surface area (Å²) in [6.45, 7) is 4.59. The normalized spacial score (nSPS) is 37.9. The van der Waals surface area contributed by atoms with E-state index in [-0.39, 0.29) is 12.1 Å². The standard InChI is InChI=1S/C15H26N2O3/c1-16-12-2-3-13(16)11-14(10-12)20-15(18)4-5-17-6-8-19-9-7-17/h12-14H,2-11H2,1H3/p+2/t12-,13+,14?. The first kappa shape index (κ1) is 14.3. The summed E-state index contributed by atoms with van der Waals surface area (Å²) in [6.07, 6.45) is 5.49. The molecule has 3 aliphatic rings. The second-order valence-electron chi connectivity index (χ2n) is 6.66. The predicted octanol–water partition coefficient (Wildman–Crippen LogP) is -1.96. The maximum Gasteiger partial charge on any atom is 0.311 e. The van der Waals surface area contributed by atoms with E-state index in [4.69, 9.17) is 9.47 Å². The lowest BCUT2D eigenvalue weighted by atomic mass is 10.0. The van der Waals surface area contributed by atoms with Gasteiger partial charge in [-0.1, -0.05) is 0 Å². The van der Waals surface area contributed by atoms with Crippen LogP contribution in [0, 0.1) is 0 Å². The summed E-state index contributed by atoms with van der Waals surface area (Å²) in [7, 11) is 2.29. The fourth-order valence-corrected chi connectivity index (χ4v) is 4.06. The van der Waals surface area contributed by atoms with E-state index < -0.39 is 0 Å². The van der Waals surface area contributed by atoms with Gasteiger partial charge in [0.1, 0.15) is 19.2 Å². The predicted molar refractivity (Wildman–Crippen MR) is 73.8 cm³/mol. The van der Waals surface area contributed by atoms with Crippen molar-refractivity contribution in [3.05, 3.63) is 0 Å². The van der Waals surface area contributed by atoms with Gasteiger partial charge in [0.05, 0.1) is 45.3 Å².